The summed E-state index contributed by atoms with van der Waals surface area (Å²) in [5, 5.41) is 9.02. The summed E-state index contributed by atoms with van der Waals surface area (Å²) >= 11 is 0. The zero-order valence-corrected chi connectivity index (χ0v) is 14.4. The molecule has 1 aromatic rings. The molecule has 0 heterocycles. The highest BCUT2D eigenvalue weighted by Crippen LogP contribution is 2.32. The van der Waals surface area contributed by atoms with Crippen LogP contribution in [-0.2, 0) is 4.79 Å². The molecule has 6 heteroatoms. The minimum atomic E-state index is -1.03. The molecule has 1 aliphatic carbocycles. The van der Waals surface area contributed by atoms with Gasteiger partial charge in [0.05, 0.1) is 13.2 Å². The normalized spacial score (nSPS) is 14.7. The Morgan fingerprint density at radius 2 is 1.92 bits per heavy atom. The van der Waals surface area contributed by atoms with E-state index in [4.69, 9.17) is 14.6 Å². The largest absolute Gasteiger partial charge is 0.493 e. The van der Waals surface area contributed by atoms with Crippen molar-refractivity contribution in [1.29, 1.82) is 0 Å². The molecule has 0 saturated heterocycles. The van der Waals surface area contributed by atoms with Crippen LogP contribution in [0.1, 0.15) is 49.9 Å². The van der Waals surface area contributed by atoms with E-state index in [0.717, 1.165) is 25.7 Å². The van der Waals surface area contributed by atoms with Gasteiger partial charge in [0, 0.05) is 11.6 Å². The van der Waals surface area contributed by atoms with Gasteiger partial charge in [-0.05, 0) is 57.7 Å². The zero-order valence-electron chi connectivity index (χ0n) is 14.4. The topological polar surface area (TPSA) is 76.1 Å². The molecule has 132 valence electrons. The predicted molar refractivity (Wildman–Crippen MR) is 89.7 cm³/mol. The first-order valence-electron chi connectivity index (χ1n) is 8.29. The van der Waals surface area contributed by atoms with Crippen molar-refractivity contribution in [3.63, 3.8) is 0 Å². The fourth-order valence-electron chi connectivity index (χ4n) is 2.89. The van der Waals surface area contributed by atoms with Crippen molar-refractivity contribution in [2.45, 2.75) is 51.7 Å². The Kier molecular flexibility index (Phi) is 6.06. The van der Waals surface area contributed by atoms with Crippen LogP contribution in [0.4, 0.5) is 0 Å². The average Bonchev–Trinajstić information content (AvgIpc) is 3.04. The van der Waals surface area contributed by atoms with Gasteiger partial charge in [-0.25, -0.2) is 0 Å². The van der Waals surface area contributed by atoms with Crippen LogP contribution in [0.2, 0.25) is 0 Å². The summed E-state index contributed by atoms with van der Waals surface area (Å²) in [6.07, 6.45) is 4.43. The Balaban J connectivity index is 2.25. The summed E-state index contributed by atoms with van der Waals surface area (Å²) in [5.74, 6) is -0.249. The Bertz CT molecular complexity index is 593. The smallest absolute Gasteiger partial charge is 0.323 e. The molecular weight excluding hydrogens is 310 g/mol. The van der Waals surface area contributed by atoms with Gasteiger partial charge in [-0.2, -0.15) is 0 Å². The van der Waals surface area contributed by atoms with Crippen molar-refractivity contribution >= 4 is 11.9 Å². The van der Waals surface area contributed by atoms with Gasteiger partial charge in [0.15, 0.2) is 11.5 Å². The van der Waals surface area contributed by atoms with Crippen molar-refractivity contribution in [2.24, 2.45) is 0 Å². The Morgan fingerprint density at radius 3 is 2.46 bits per heavy atom. The highest BCUT2D eigenvalue weighted by atomic mass is 16.5. The minimum absolute atomic E-state index is 0.143. The summed E-state index contributed by atoms with van der Waals surface area (Å²) in [7, 11) is 1.56. The zero-order chi connectivity index (χ0) is 17.7. The van der Waals surface area contributed by atoms with Crippen molar-refractivity contribution in [3.8, 4) is 11.5 Å². The number of nitrogens with zero attached hydrogens (tertiary/aromatic N) is 1. The van der Waals surface area contributed by atoms with Crippen LogP contribution >= 0.6 is 0 Å². The molecule has 0 atom stereocenters. The molecule has 0 spiro atoms. The maximum absolute atomic E-state index is 12.7. The quantitative estimate of drug-likeness (QED) is 0.829. The Labute approximate surface area is 142 Å². The van der Waals surface area contributed by atoms with Crippen LogP contribution in [0.15, 0.2) is 18.2 Å². The number of carbonyl (C=O) groups is 2. The maximum Gasteiger partial charge on any atom is 0.323 e. The lowest BCUT2D eigenvalue weighted by Gasteiger charge is -2.25. The Morgan fingerprint density at radius 1 is 1.25 bits per heavy atom. The van der Waals surface area contributed by atoms with Crippen LogP contribution in [0.25, 0.3) is 0 Å². The van der Waals surface area contributed by atoms with E-state index in [9.17, 15) is 9.59 Å². The van der Waals surface area contributed by atoms with E-state index in [2.05, 4.69) is 0 Å². The standard InChI is InChI=1S/C18H25NO5/c1-12(2)19(11-17(20)21)18(22)13-8-9-15(23-3)16(10-13)24-14-6-4-5-7-14/h8-10,12,14H,4-7,11H2,1-3H3,(H,20,21). The number of carbonyl (C=O) groups excluding carboxylic acids is 1. The molecule has 1 aliphatic rings. The van der Waals surface area contributed by atoms with Gasteiger partial charge in [-0.3, -0.25) is 9.59 Å². The second-order valence-corrected chi connectivity index (χ2v) is 6.31. The van der Waals surface area contributed by atoms with E-state index in [1.54, 1.807) is 39.2 Å². The van der Waals surface area contributed by atoms with E-state index in [0.29, 0.717) is 17.1 Å². The molecule has 0 aliphatic heterocycles. The highest BCUT2D eigenvalue weighted by Gasteiger charge is 2.24. The summed E-state index contributed by atoms with van der Waals surface area (Å²) in [6, 6.07) is 4.77. The van der Waals surface area contributed by atoms with E-state index in [1.807, 2.05) is 0 Å². The maximum atomic E-state index is 12.7. The van der Waals surface area contributed by atoms with Crippen LogP contribution in [0.3, 0.4) is 0 Å². The van der Waals surface area contributed by atoms with Gasteiger partial charge in [0.2, 0.25) is 0 Å². The van der Waals surface area contributed by atoms with Gasteiger partial charge in [0.25, 0.3) is 5.91 Å². The third kappa shape index (κ3) is 4.40. The molecule has 24 heavy (non-hydrogen) atoms. The number of methoxy groups -OCH3 is 1. The lowest BCUT2D eigenvalue weighted by molar-refractivity contribution is -0.138. The number of hydrogen-bond donors (Lipinski definition) is 1. The van der Waals surface area contributed by atoms with E-state index < -0.39 is 5.97 Å². The van der Waals surface area contributed by atoms with Gasteiger partial charge in [-0.15, -0.1) is 0 Å². The number of carboxylic acid groups (broad SMARTS) is 1. The lowest BCUT2D eigenvalue weighted by atomic mass is 10.1. The summed E-state index contributed by atoms with van der Waals surface area (Å²) in [4.78, 5) is 25.0. The van der Waals surface area contributed by atoms with Gasteiger partial charge >= 0.3 is 5.97 Å². The second-order valence-electron chi connectivity index (χ2n) is 6.31. The number of benzene rings is 1. The van der Waals surface area contributed by atoms with Crippen LogP contribution in [-0.4, -0.2) is 47.7 Å². The van der Waals surface area contributed by atoms with Gasteiger partial charge < -0.3 is 19.5 Å². The van der Waals surface area contributed by atoms with Crippen molar-refractivity contribution < 1.29 is 24.2 Å². The summed E-state index contributed by atoms with van der Waals surface area (Å²) in [6.45, 7) is 3.25. The SMILES string of the molecule is COc1ccc(C(=O)N(CC(=O)O)C(C)C)cc1OC1CCCC1. The van der Waals surface area contributed by atoms with Crippen LogP contribution < -0.4 is 9.47 Å². The van der Waals surface area contributed by atoms with Gasteiger partial charge in [-0.1, -0.05) is 0 Å². The summed E-state index contributed by atoms with van der Waals surface area (Å²) < 4.78 is 11.3. The Hall–Kier alpha value is -2.24. The molecule has 0 unspecified atom stereocenters. The number of hydrogen-bond acceptors (Lipinski definition) is 4. The molecule has 1 N–H and O–H groups in total. The molecule has 0 radical (unpaired) electrons. The molecule has 1 fully saturated rings. The monoisotopic (exact) mass is 335 g/mol. The van der Waals surface area contributed by atoms with Crippen LogP contribution in [0.5, 0.6) is 11.5 Å². The average molecular weight is 335 g/mol. The van der Waals surface area contributed by atoms with E-state index >= 15 is 0 Å². The third-order valence-corrected chi connectivity index (χ3v) is 4.20. The fourth-order valence-corrected chi connectivity index (χ4v) is 2.89. The fraction of sp³-hybridized carbons (Fsp3) is 0.556. The molecule has 0 bridgehead atoms. The third-order valence-electron chi connectivity index (χ3n) is 4.20. The molecule has 2 rings (SSSR count). The number of aliphatic carboxylic acids is 1. The molecular formula is C18H25NO5. The first-order valence-corrected chi connectivity index (χ1v) is 8.29. The minimum Gasteiger partial charge on any atom is -0.493 e. The molecule has 1 saturated carbocycles. The second kappa shape index (κ2) is 8.04. The number of carboxylic acids is 1. The van der Waals surface area contributed by atoms with E-state index in [-0.39, 0.29) is 24.6 Å². The molecule has 1 amide bonds. The molecule has 1 aromatic carbocycles. The first kappa shape index (κ1) is 18.1. The lowest BCUT2D eigenvalue weighted by Crippen LogP contribution is -2.40. The summed E-state index contributed by atoms with van der Waals surface area (Å²) in [5.41, 5.74) is 0.402. The predicted octanol–water partition coefficient (Wildman–Crippen LogP) is 2.95. The van der Waals surface area contributed by atoms with Crippen molar-refractivity contribution in [3.05, 3.63) is 23.8 Å². The first-order chi connectivity index (χ1) is 11.4. The number of amides is 1. The van der Waals surface area contributed by atoms with Crippen molar-refractivity contribution in [2.75, 3.05) is 13.7 Å². The van der Waals surface area contributed by atoms with Gasteiger partial charge in [0.1, 0.15) is 6.54 Å². The number of ether oxygens (including phenoxy) is 2. The molecule has 6 nitrogen and oxygen atoms in total. The van der Waals surface area contributed by atoms with Crippen LogP contribution in [0, 0.1) is 0 Å². The van der Waals surface area contributed by atoms with Crippen molar-refractivity contribution in [1.82, 2.24) is 4.90 Å². The molecule has 0 aromatic heterocycles. The highest BCUT2D eigenvalue weighted by molar-refractivity contribution is 5.96. The van der Waals surface area contributed by atoms with E-state index in [1.165, 1.54) is 4.90 Å². The number of rotatable bonds is 7.